The molecule has 4 nitrogen and oxygen atoms in total. The summed E-state index contributed by atoms with van der Waals surface area (Å²) in [6.45, 7) is 8.37. The molecule has 0 fully saturated rings. The number of allylic oxidation sites excluding steroid dienone is 2. The van der Waals surface area contributed by atoms with Crippen LogP contribution in [0, 0.1) is 6.92 Å². The smallest absolute Gasteiger partial charge is 0.409 e. The molecule has 2 rings (SSSR count). The van der Waals surface area contributed by atoms with Crippen LogP contribution in [0.15, 0.2) is 36.1 Å². The maximum Gasteiger partial charge on any atom is 0.529 e. The summed E-state index contributed by atoms with van der Waals surface area (Å²) in [5.74, 6) is 0.688. The number of rotatable bonds is 7. The van der Waals surface area contributed by atoms with Crippen LogP contribution in [0.5, 0.6) is 0 Å². The maximum absolute atomic E-state index is 12.5. The lowest BCUT2D eigenvalue weighted by Gasteiger charge is -2.22. The van der Waals surface area contributed by atoms with Crippen molar-refractivity contribution in [2.24, 2.45) is 0 Å². The van der Waals surface area contributed by atoms with Gasteiger partial charge in [-0.25, -0.2) is 4.57 Å². The van der Waals surface area contributed by atoms with Crippen LogP contribution in [-0.4, -0.2) is 13.2 Å². The number of phosphoric acid groups is 1. The van der Waals surface area contributed by atoms with Crippen molar-refractivity contribution in [2.75, 3.05) is 13.2 Å². The molecule has 0 amide bonds. The Labute approximate surface area is 133 Å². The van der Waals surface area contributed by atoms with Crippen molar-refractivity contribution < 1.29 is 18.1 Å². The molecule has 0 saturated carbocycles. The molecule has 0 aromatic heterocycles. The third-order valence-corrected chi connectivity index (χ3v) is 5.49. The first-order valence-corrected chi connectivity index (χ1v) is 9.24. The maximum atomic E-state index is 12.5. The fourth-order valence-corrected chi connectivity index (χ4v) is 3.91. The van der Waals surface area contributed by atoms with E-state index in [-0.39, 0.29) is 5.41 Å². The molecule has 1 aliphatic rings. The fourth-order valence-electron chi connectivity index (χ4n) is 2.67. The van der Waals surface area contributed by atoms with Gasteiger partial charge in [0, 0.05) is 11.8 Å². The van der Waals surface area contributed by atoms with E-state index in [0.29, 0.717) is 19.0 Å². The molecular weight excluding hydrogens is 299 g/mol. The Balaban J connectivity index is 2.17. The van der Waals surface area contributed by atoms with Crippen LogP contribution in [0.25, 0.3) is 0 Å². The highest BCUT2D eigenvalue weighted by molar-refractivity contribution is 7.48. The Kier molecular flexibility index (Phi) is 5.49. The van der Waals surface area contributed by atoms with Crippen LogP contribution in [0.4, 0.5) is 0 Å². The summed E-state index contributed by atoms with van der Waals surface area (Å²) in [5, 5.41) is 0. The highest BCUT2D eigenvalue weighted by atomic mass is 31.2. The van der Waals surface area contributed by atoms with Crippen molar-refractivity contribution in [3.05, 3.63) is 47.2 Å². The van der Waals surface area contributed by atoms with Crippen molar-refractivity contribution >= 4 is 7.82 Å². The first-order chi connectivity index (χ1) is 10.4. The highest BCUT2D eigenvalue weighted by Gasteiger charge is 2.35. The second-order valence-electron chi connectivity index (χ2n) is 5.77. The number of benzene rings is 1. The van der Waals surface area contributed by atoms with Gasteiger partial charge in [0.25, 0.3) is 0 Å². The van der Waals surface area contributed by atoms with Gasteiger partial charge in [-0.15, -0.1) is 0 Å². The van der Waals surface area contributed by atoms with Crippen LogP contribution >= 0.6 is 7.82 Å². The summed E-state index contributed by atoms with van der Waals surface area (Å²) >= 11 is 0. The van der Waals surface area contributed by atoms with E-state index < -0.39 is 7.82 Å². The van der Waals surface area contributed by atoms with Gasteiger partial charge < -0.3 is 4.52 Å². The summed E-state index contributed by atoms with van der Waals surface area (Å²) in [5.41, 5.74) is 2.37. The van der Waals surface area contributed by atoms with Gasteiger partial charge in [-0.05, 0) is 38.8 Å². The van der Waals surface area contributed by atoms with Crippen LogP contribution in [-0.2, 0) is 23.6 Å². The van der Waals surface area contributed by atoms with Crippen molar-refractivity contribution in [2.45, 2.75) is 46.0 Å². The van der Waals surface area contributed by atoms with E-state index in [1.165, 1.54) is 11.1 Å². The zero-order valence-electron chi connectivity index (χ0n) is 13.8. The van der Waals surface area contributed by atoms with Gasteiger partial charge >= 0.3 is 7.82 Å². The monoisotopic (exact) mass is 324 g/mol. The lowest BCUT2D eigenvalue weighted by Crippen LogP contribution is -2.15. The van der Waals surface area contributed by atoms with E-state index in [9.17, 15) is 4.57 Å². The summed E-state index contributed by atoms with van der Waals surface area (Å²) in [6.07, 6.45) is 3.69. The Bertz CT molecular complexity index is 569. The average molecular weight is 324 g/mol. The zero-order valence-corrected chi connectivity index (χ0v) is 14.7. The van der Waals surface area contributed by atoms with Crippen molar-refractivity contribution in [3.8, 4) is 0 Å². The van der Waals surface area contributed by atoms with Gasteiger partial charge in [0.1, 0.15) is 5.76 Å². The minimum atomic E-state index is -3.49. The van der Waals surface area contributed by atoms with E-state index in [0.717, 1.165) is 12.8 Å². The van der Waals surface area contributed by atoms with Crippen LogP contribution < -0.4 is 0 Å². The molecule has 0 radical (unpaired) electrons. The van der Waals surface area contributed by atoms with E-state index in [1.54, 1.807) is 13.8 Å². The normalized spacial score (nSPS) is 21.7. The Morgan fingerprint density at radius 2 is 1.73 bits per heavy atom. The van der Waals surface area contributed by atoms with E-state index in [4.69, 9.17) is 13.6 Å². The van der Waals surface area contributed by atoms with Crippen LogP contribution in [0.1, 0.15) is 44.7 Å². The standard InChI is InChI=1S/C17H25O4P/c1-5-19-22(18,20-6-2)21-16-11-12-17(4,13-16)15-9-7-14(3)8-10-15/h7-10,13H,5-6,11-12H2,1-4H3. The Morgan fingerprint density at radius 3 is 2.27 bits per heavy atom. The molecule has 1 aliphatic carbocycles. The van der Waals surface area contributed by atoms with Gasteiger partial charge in [0.15, 0.2) is 0 Å². The fraction of sp³-hybridized carbons (Fsp3) is 0.529. The molecule has 0 N–H and O–H groups in total. The molecule has 0 aliphatic heterocycles. The van der Waals surface area contributed by atoms with Gasteiger partial charge in [-0.1, -0.05) is 36.8 Å². The lowest BCUT2D eigenvalue weighted by atomic mass is 9.82. The number of aryl methyl sites for hydroxylation is 1. The summed E-state index contributed by atoms with van der Waals surface area (Å²) in [4.78, 5) is 0. The van der Waals surface area contributed by atoms with Gasteiger partial charge in [-0.3, -0.25) is 9.05 Å². The number of phosphoric ester groups is 1. The van der Waals surface area contributed by atoms with E-state index in [2.05, 4.69) is 38.1 Å². The summed E-state index contributed by atoms with van der Waals surface area (Å²) < 4.78 is 28.4. The SMILES string of the molecule is CCOP(=O)(OCC)OC1=CC(C)(c2ccc(C)cc2)CC1. The number of hydrogen-bond acceptors (Lipinski definition) is 4. The third-order valence-electron chi connectivity index (χ3n) is 3.88. The van der Waals surface area contributed by atoms with E-state index >= 15 is 0 Å². The third kappa shape index (κ3) is 4.01. The molecule has 1 unspecified atom stereocenters. The Hall–Kier alpha value is -1.09. The highest BCUT2D eigenvalue weighted by Crippen LogP contribution is 2.54. The lowest BCUT2D eigenvalue weighted by molar-refractivity contribution is 0.144. The van der Waals surface area contributed by atoms with E-state index in [1.807, 2.05) is 6.08 Å². The largest absolute Gasteiger partial charge is 0.529 e. The molecule has 1 atom stereocenters. The second kappa shape index (κ2) is 6.99. The van der Waals surface area contributed by atoms with Gasteiger partial charge in [-0.2, -0.15) is 0 Å². The Morgan fingerprint density at radius 1 is 1.14 bits per heavy atom. The van der Waals surface area contributed by atoms with Crippen LogP contribution in [0.2, 0.25) is 0 Å². The van der Waals surface area contributed by atoms with Gasteiger partial charge in [0.05, 0.1) is 13.2 Å². The minimum absolute atomic E-state index is 0.105. The molecule has 122 valence electrons. The van der Waals surface area contributed by atoms with Crippen molar-refractivity contribution in [1.82, 2.24) is 0 Å². The average Bonchev–Trinajstić information content (AvgIpc) is 2.82. The summed E-state index contributed by atoms with van der Waals surface area (Å²) in [6, 6.07) is 8.50. The molecule has 0 bridgehead atoms. The minimum Gasteiger partial charge on any atom is -0.409 e. The molecular formula is C17H25O4P. The number of hydrogen-bond donors (Lipinski definition) is 0. The predicted molar refractivity (Wildman–Crippen MR) is 87.8 cm³/mol. The van der Waals surface area contributed by atoms with Crippen molar-refractivity contribution in [1.29, 1.82) is 0 Å². The predicted octanol–water partition coefficient (Wildman–Crippen LogP) is 5.13. The quantitative estimate of drug-likeness (QED) is 0.652. The topological polar surface area (TPSA) is 44.8 Å². The molecule has 22 heavy (non-hydrogen) atoms. The molecule has 1 aromatic carbocycles. The van der Waals surface area contributed by atoms with Crippen molar-refractivity contribution in [3.63, 3.8) is 0 Å². The molecule has 0 heterocycles. The zero-order chi connectivity index (χ0) is 16.2. The molecule has 5 heteroatoms. The second-order valence-corrected chi connectivity index (χ2v) is 7.36. The summed E-state index contributed by atoms with van der Waals surface area (Å²) in [7, 11) is -3.49. The molecule has 1 aromatic rings. The first-order valence-electron chi connectivity index (χ1n) is 7.78. The first kappa shape index (κ1) is 17.3. The van der Waals surface area contributed by atoms with Crippen LogP contribution in [0.3, 0.4) is 0 Å². The molecule has 0 saturated heterocycles. The molecule has 0 spiro atoms. The van der Waals surface area contributed by atoms with Gasteiger partial charge in [0.2, 0.25) is 0 Å².